The van der Waals surface area contributed by atoms with Crippen molar-refractivity contribution < 1.29 is 14.3 Å². The van der Waals surface area contributed by atoms with E-state index in [1.807, 2.05) is 13.0 Å². The van der Waals surface area contributed by atoms with E-state index in [1.54, 1.807) is 63.2 Å². The minimum atomic E-state index is -0.779. The average Bonchev–Trinajstić information content (AvgIpc) is 3.12. The van der Waals surface area contributed by atoms with Gasteiger partial charge in [-0.3, -0.25) is 9.36 Å². The Kier molecular flexibility index (Phi) is 8.03. The Morgan fingerprint density at radius 3 is 2.67 bits per heavy atom. The molecule has 0 amide bonds. The zero-order chi connectivity index (χ0) is 26.0. The SMILES string of the molecule is CCCOc1ccc(Cl)cc1C=c1sc2n(c1=O)C(c1ccccc1Cl)C(C(=O)OC(C)C)=C(C)N=2. The Morgan fingerprint density at radius 2 is 1.97 bits per heavy atom. The maximum atomic E-state index is 13.8. The standard InChI is InChI=1S/C27H26Cl2N2O4S/c1-5-12-34-21-11-10-18(28)13-17(21)14-22-25(32)31-24(19-8-6-7-9-20(19)29)23(26(33)35-15(2)3)16(4)30-27(31)36-22/h6-11,13-15,24H,5,12H2,1-4H3. The molecule has 2 aromatic carbocycles. The molecule has 0 aliphatic carbocycles. The van der Waals surface area contributed by atoms with Crippen LogP contribution in [0.25, 0.3) is 6.08 Å². The van der Waals surface area contributed by atoms with Gasteiger partial charge in [0.05, 0.1) is 28.5 Å². The van der Waals surface area contributed by atoms with Crippen molar-refractivity contribution in [2.24, 2.45) is 4.99 Å². The molecule has 0 radical (unpaired) electrons. The van der Waals surface area contributed by atoms with Crippen LogP contribution in [0.2, 0.25) is 10.0 Å². The molecular formula is C27H26Cl2N2O4S. The van der Waals surface area contributed by atoms with Crippen molar-refractivity contribution in [1.29, 1.82) is 0 Å². The predicted molar refractivity (Wildman–Crippen MR) is 144 cm³/mol. The lowest BCUT2D eigenvalue weighted by Gasteiger charge is -2.26. The van der Waals surface area contributed by atoms with E-state index in [-0.39, 0.29) is 17.2 Å². The van der Waals surface area contributed by atoms with Crippen LogP contribution in [0, 0.1) is 0 Å². The van der Waals surface area contributed by atoms with Gasteiger partial charge in [0, 0.05) is 15.6 Å². The molecule has 0 saturated heterocycles. The molecule has 36 heavy (non-hydrogen) atoms. The maximum absolute atomic E-state index is 13.8. The van der Waals surface area contributed by atoms with Crippen molar-refractivity contribution >= 4 is 46.6 Å². The van der Waals surface area contributed by atoms with Crippen LogP contribution in [0.1, 0.15) is 51.3 Å². The summed E-state index contributed by atoms with van der Waals surface area (Å²) in [6.45, 7) is 7.85. The first-order valence-electron chi connectivity index (χ1n) is 11.6. The minimum absolute atomic E-state index is 0.283. The molecule has 188 valence electrons. The number of halogens is 2. The lowest BCUT2D eigenvalue weighted by atomic mass is 9.96. The normalized spacial score (nSPS) is 15.6. The molecule has 1 atom stereocenters. The van der Waals surface area contributed by atoms with E-state index in [0.29, 0.717) is 48.6 Å². The van der Waals surface area contributed by atoms with Gasteiger partial charge in [0.2, 0.25) is 0 Å². The van der Waals surface area contributed by atoms with E-state index in [0.717, 1.165) is 6.42 Å². The molecule has 1 aromatic heterocycles. The van der Waals surface area contributed by atoms with Gasteiger partial charge in [0.25, 0.3) is 5.56 Å². The predicted octanol–water partition coefficient (Wildman–Crippen LogP) is 5.28. The molecule has 0 N–H and O–H groups in total. The largest absolute Gasteiger partial charge is 0.493 e. The second kappa shape index (κ2) is 11.0. The number of hydrogen-bond donors (Lipinski definition) is 0. The number of carbonyl (C=O) groups is 1. The van der Waals surface area contributed by atoms with Gasteiger partial charge in [0.15, 0.2) is 4.80 Å². The highest BCUT2D eigenvalue weighted by Gasteiger charge is 2.34. The van der Waals surface area contributed by atoms with Gasteiger partial charge >= 0.3 is 5.97 Å². The fraction of sp³-hybridized carbons (Fsp3) is 0.296. The maximum Gasteiger partial charge on any atom is 0.338 e. The lowest BCUT2D eigenvalue weighted by Crippen LogP contribution is -2.40. The summed E-state index contributed by atoms with van der Waals surface area (Å²) in [5.74, 6) is 0.0997. The molecule has 0 bridgehead atoms. The first kappa shape index (κ1) is 26.2. The molecule has 9 heteroatoms. The first-order valence-corrected chi connectivity index (χ1v) is 13.2. The summed E-state index contributed by atoms with van der Waals surface area (Å²) in [6, 6.07) is 11.7. The molecule has 1 unspecified atom stereocenters. The third-order valence-electron chi connectivity index (χ3n) is 5.50. The summed E-state index contributed by atoms with van der Waals surface area (Å²) in [4.78, 5) is 32.1. The number of fused-ring (bicyclic) bond motifs is 1. The van der Waals surface area contributed by atoms with Crippen molar-refractivity contribution in [2.75, 3.05) is 6.61 Å². The van der Waals surface area contributed by atoms with Crippen LogP contribution < -0.4 is 19.6 Å². The topological polar surface area (TPSA) is 69.9 Å². The average molecular weight is 545 g/mol. The number of hydrogen-bond acceptors (Lipinski definition) is 6. The van der Waals surface area contributed by atoms with Crippen LogP contribution in [-0.4, -0.2) is 23.2 Å². The quantitative estimate of drug-likeness (QED) is 0.379. The van der Waals surface area contributed by atoms with Crippen LogP contribution in [-0.2, 0) is 9.53 Å². The molecule has 1 aliphatic heterocycles. The Bertz CT molecular complexity index is 1520. The van der Waals surface area contributed by atoms with Crippen LogP contribution >= 0.6 is 34.5 Å². The highest BCUT2D eigenvalue weighted by atomic mass is 35.5. The Hall–Kier alpha value is -2.87. The summed E-state index contributed by atoms with van der Waals surface area (Å²) in [6.07, 6.45) is 2.26. The van der Waals surface area contributed by atoms with Crippen molar-refractivity contribution in [3.8, 4) is 5.75 Å². The zero-order valence-electron chi connectivity index (χ0n) is 20.4. The highest BCUT2D eigenvalue weighted by Crippen LogP contribution is 2.34. The third kappa shape index (κ3) is 5.28. The van der Waals surface area contributed by atoms with Gasteiger partial charge in [0.1, 0.15) is 11.8 Å². The summed E-state index contributed by atoms with van der Waals surface area (Å²) in [7, 11) is 0. The summed E-state index contributed by atoms with van der Waals surface area (Å²) in [5, 5.41) is 0.966. The summed E-state index contributed by atoms with van der Waals surface area (Å²) in [5.41, 5.74) is 1.77. The fourth-order valence-electron chi connectivity index (χ4n) is 3.97. The van der Waals surface area contributed by atoms with Crippen LogP contribution in [0.15, 0.2) is 63.5 Å². The number of aromatic nitrogens is 1. The fourth-order valence-corrected chi connectivity index (χ4v) is 5.43. The van der Waals surface area contributed by atoms with E-state index < -0.39 is 12.0 Å². The molecule has 6 nitrogen and oxygen atoms in total. The number of rotatable bonds is 7. The summed E-state index contributed by atoms with van der Waals surface area (Å²) < 4.78 is 13.3. The second-order valence-corrected chi connectivity index (χ2v) is 10.4. The number of benzene rings is 2. The molecule has 0 spiro atoms. The van der Waals surface area contributed by atoms with Crippen LogP contribution in [0.4, 0.5) is 0 Å². The number of ether oxygens (including phenoxy) is 2. The number of esters is 1. The molecule has 1 aliphatic rings. The third-order valence-corrected chi connectivity index (χ3v) is 7.07. The van der Waals surface area contributed by atoms with Crippen molar-refractivity contribution in [3.05, 3.63) is 94.6 Å². The van der Waals surface area contributed by atoms with E-state index in [9.17, 15) is 9.59 Å². The van der Waals surface area contributed by atoms with Crippen LogP contribution in [0.3, 0.4) is 0 Å². The number of nitrogens with zero attached hydrogens (tertiary/aromatic N) is 2. The van der Waals surface area contributed by atoms with E-state index >= 15 is 0 Å². The molecule has 4 rings (SSSR count). The Labute approximate surface area is 223 Å². The number of carbonyl (C=O) groups excluding carboxylic acids is 1. The van der Waals surface area contributed by atoms with Gasteiger partial charge in [-0.25, -0.2) is 9.79 Å². The molecule has 0 saturated carbocycles. The van der Waals surface area contributed by atoms with Crippen molar-refractivity contribution in [2.45, 2.75) is 46.3 Å². The molecule has 2 heterocycles. The Balaban J connectivity index is 1.95. The Morgan fingerprint density at radius 1 is 1.22 bits per heavy atom. The van der Waals surface area contributed by atoms with Gasteiger partial charge in [-0.2, -0.15) is 0 Å². The van der Waals surface area contributed by atoms with E-state index in [4.69, 9.17) is 32.7 Å². The monoisotopic (exact) mass is 544 g/mol. The number of allylic oxidation sites excluding steroid dienone is 1. The zero-order valence-corrected chi connectivity index (χ0v) is 22.7. The van der Waals surface area contributed by atoms with Gasteiger partial charge in [-0.15, -0.1) is 0 Å². The van der Waals surface area contributed by atoms with E-state index in [2.05, 4.69) is 4.99 Å². The minimum Gasteiger partial charge on any atom is -0.493 e. The first-order chi connectivity index (χ1) is 17.2. The van der Waals surface area contributed by atoms with Crippen LogP contribution in [0.5, 0.6) is 5.75 Å². The molecular weight excluding hydrogens is 519 g/mol. The second-order valence-electron chi connectivity index (χ2n) is 8.59. The molecule has 0 fully saturated rings. The van der Waals surface area contributed by atoms with Crippen molar-refractivity contribution in [3.63, 3.8) is 0 Å². The van der Waals surface area contributed by atoms with E-state index in [1.165, 1.54) is 15.9 Å². The highest BCUT2D eigenvalue weighted by molar-refractivity contribution is 7.07. The number of thiazole rings is 1. The van der Waals surface area contributed by atoms with Gasteiger partial charge < -0.3 is 9.47 Å². The molecule has 3 aromatic rings. The van der Waals surface area contributed by atoms with Crippen molar-refractivity contribution in [1.82, 2.24) is 4.57 Å². The smallest absolute Gasteiger partial charge is 0.338 e. The lowest BCUT2D eigenvalue weighted by molar-refractivity contribution is -0.143. The van der Waals surface area contributed by atoms with Gasteiger partial charge in [-0.05, 0) is 63.1 Å². The summed E-state index contributed by atoms with van der Waals surface area (Å²) >= 11 is 14.0. The van der Waals surface area contributed by atoms with Gasteiger partial charge in [-0.1, -0.05) is 59.7 Å².